The van der Waals surface area contributed by atoms with Crippen LogP contribution in [0.5, 0.6) is 0 Å². The highest BCUT2D eigenvalue weighted by molar-refractivity contribution is 9.09. The lowest BCUT2D eigenvalue weighted by Crippen LogP contribution is -2.55. The Hall–Kier alpha value is -1.36. The molecular formula is C21H26BrNO3. The number of alkyl carbamates (subject to hydrolysis) is 1. The van der Waals surface area contributed by atoms with Crippen LogP contribution >= 0.6 is 15.9 Å². The molecule has 0 radical (unpaired) electrons. The van der Waals surface area contributed by atoms with Crippen molar-refractivity contribution in [1.82, 2.24) is 5.32 Å². The summed E-state index contributed by atoms with van der Waals surface area (Å²) in [5.74, 6) is 2.05. The van der Waals surface area contributed by atoms with E-state index in [2.05, 4.69) is 21.2 Å². The number of hydrogen-bond acceptors (Lipinski definition) is 3. The van der Waals surface area contributed by atoms with Crippen LogP contribution in [0.2, 0.25) is 0 Å². The Morgan fingerprint density at radius 1 is 1.12 bits per heavy atom. The maximum Gasteiger partial charge on any atom is 0.408 e. The fourth-order valence-electron chi connectivity index (χ4n) is 4.90. The van der Waals surface area contributed by atoms with Gasteiger partial charge in [-0.15, -0.1) is 0 Å². The minimum atomic E-state index is -0.497. The first kappa shape index (κ1) is 18.0. The van der Waals surface area contributed by atoms with E-state index >= 15 is 0 Å². The topological polar surface area (TPSA) is 55.4 Å². The Labute approximate surface area is 163 Å². The van der Waals surface area contributed by atoms with Crippen molar-refractivity contribution in [2.75, 3.05) is 5.33 Å². The molecule has 3 aliphatic rings. The Balaban J connectivity index is 1.33. The molecule has 140 valence electrons. The van der Waals surface area contributed by atoms with E-state index in [1.807, 2.05) is 30.3 Å². The van der Waals surface area contributed by atoms with E-state index in [0.717, 1.165) is 30.2 Å². The number of rotatable bonds is 8. The smallest absolute Gasteiger partial charge is 0.408 e. The highest BCUT2D eigenvalue weighted by atomic mass is 79.9. The van der Waals surface area contributed by atoms with E-state index in [9.17, 15) is 9.59 Å². The summed E-state index contributed by atoms with van der Waals surface area (Å²) in [7, 11) is 0. The number of ketones is 1. The second-order valence-electron chi connectivity index (χ2n) is 8.23. The van der Waals surface area contributed by atoms with Crippen molar-refractivity contribution >= 4 is 27.8 Å². The Morgan fingerprint density at radius 3 is 2.27 bits per heavy atom. The van der Waals surface area contributed by atoms with Gasteiger partial charge < -0.3 is 10.1 Å². The third-order valence-electron chi connectivity index (χ3n) is 6.50. The summed E-state index contributed by atoms with van der Waals surface area (Å²) in [4.78, 5) is 24.7. The molecule has 26 heavy (non-hydrogen) atoms. The van der Waals surface area contributed by atoms with Crippen molar-refractivity contribution in [3.05, 3.63) is 35.9 Å². The van der Waals surface area contributed by atoms with Gasteiger partial charge >= 0.3 is 6.09 Å². The molecule has 1 amide bonds. The van der Waals surface area contributed by atoms with Gasteiger partial charge in [0.05, 0.1) is 11.4 Å². The van der Waals surface area contributed by atoms with Crippen LogP contribution < -0.4 is 5.32 Å². The van der Waals surface area contributed by atoms with Gasteiger partial charge in [0.1, 0.15) is 6.61 Å². The van der Waals surface area contributed by atoms with Gasteiger partial charge in [-0.3, -0.25) is 4.79 Å². The zero-order valence-electron chi connectivity index (χ0n) is 15.0. The van der Waals surface area contributed by atoms with Crippen molar-refractivity contribution in [1.29, 1.82) is 0 Å². The third-order valence-corrected chi connectivity index (χ3v) is 7.05. The number of Topliss-reactive ketones (excluding diaryl/α,β-unsaturated/α-hetero) is 1. The van der Waals surface area contributed by atoms with Gasteiger partial charge in [-0.2, -0.15) is 0 Å². The summed E-state index contributed by atoms with van der Waals surface area (Å²) in [5, 5.41) is 3.13. The second kappa shape index (κ2) is 7.34. The highest BCUT2D eigenvalue weighted by Gasteiger charge is 2.61. The van der Waals surface area contributed by atoms with Gasteiger partial charge in [-0.25, -0.2) is 4.79 Å². The van der Waals surface area contributed by atoms with Crippen molar-refractivity contribution in [3.8, 4) is 0 Å². The zero-order chi connectivity index (χ0) is 18.1. The Morgan fingerprint density at radius 2 is 1.73 bits per heavy atom. The minimum absolute atomic E-state index is 0.0480. The van der Waals surface area contributed by atoms with E-state index in [0.29, 0.717) is 5.41 Å². The number of nitrogens with one attached hydrogen (secondary N) is 1. The van der Waals surface area contributed by atoms with Crippen LogP contribution in [0.4, 0.5) is 4.79 Å². The van der Waals surface area contributed by atoms with Crippen LogP contribution in [-0.4, -0.2) is 23.2 Å². The summed E-state index contributed by atoms with van der Waals surface area (Å²) in [6.07, 6.45) is 7.10. The number of carbonyl (C=O) groups is 2. The fraction of sp³-hybridized carbons (Fsp3) is 0.619. The number of benzene rings is 1. The average Bonchev–Trinajstić information content (AvgIpc) is 3.51. The first-order chi connectivity index (χ1) is 12.6. The van der Waals surface area contributed by atoms with Crippen LogP contribution in [0.15, 0.2) is 30.3 Å². The van der Waals surface area contributed by atoms with Crippen molar-refractivity contribution in [3.63, 3.8) is 0 Å². The molecule has 1 N–H and O–H groups in total. The van der Waals surface area contributed by atoms with Gasteiger partial charge in [-0.05, 0) is 67.3 Å². The number of halogens is 1. The SMILES string of the molecule is O=C(NC(C(=O)CBr)C1CC(C2CC2)(C2CC2)C1)OCc1ccccc1. The molecule has 4 nitrogen and oxygen atoms in total. The minimum Gasteiger partial charge on any atom is -0.445 e. The van der Waals surface area contributed by atoms with Gasteiger partial charge in [0.15, 0.2) is 5.78 Å². The summed E-state index contributed by atoms with van der Waals surface area (Å²) in [5.41, 5.74) is 1.42. The van der Waals surface area contributed by atoms with Crippen LogP contribution in [0.3, 0.4) is 0 Å². The Kier molecular flexibility index (Phi) is 5.09. The van der Waals surface area contributed by atoms with E-state index < -0.39 is 12.1 Å². The first-order valence-corrected chi connectivity index (χ1v) is 10.8. The predicted molar refractivity (Wildman–Crippen MR) is 103 cm³/mol. The molecule has 0 spiro atoms. The molecule has 3 aliphatic carbocycles. The number of amides is 1. The van der Waals surface area contributed by atoms with Crippen molar-refractivity contribution in [2.45, 2.75) is 51.2 Å². The highest BCUT2D eigenvalue weighted by Crippen LogP contribution is 2.69. The lowest BCUT2D eigenvalue weighted by molar-refractivity contribution is -0.123. The number of ether oxygens (including phenoxy) is 1. The molecule has 5 heteroatoms. The van der Waals surface area contributed by atoms with E-state index in [1.54, 1.807) is 0 Å². The number of hydrogen-bond donors (Lipinski definition) is 1. The van der Waals surface area contributed by atoms with Crippen LogP contribution in [0.1, 0.15) is 44.1 Å². The molecule has 0 saturated heterocycles. The molecule has 0 aliphatic heterocycles. The first-order valence-electron chi connectivity index (χ1n) is 9.68. The fourth-order valence-corrected chi connectivity index (χ4v) is 5.25. The van der Waals surface area contributed by atoms with E-state index in [4.69, 9.17) is 4.74 Å². The van der Waals surface area contributed by atoms with Gasteiger partial charge in [-0.1, -0.05) is 46.3 Å². The summed E-state index contributed by atoms with van der Waals surface area (Å²) < 4.78 is 5.33. The molecule has 0 heterocycles. The number of alkyl halides is 1. The van der Waals surface area contributed by atoms with Gasteiger partial charge in [0.2, 0.25) is 0 Å². The molecular weight excluding hydrogens is 394 g/mol. The maximum atomic E-state index is 12.4. The molecule has 1 atom stereocenters. The van der Waals surface area contributed by atoms with Gasteiger partial charge in [0.25, 0.3) is 0 Å². The standard InChI is InChI=1S/C21H26BrNO3/c22-12-18(24)19(23-20(25)26-13-14-4-2-1-3-5-14)15-10-21(11-15,16-6-7-16)17-8-9-17/h1-5,15-17,19H,6-13H2,(H,23,25). The second-order valence-corrected chi connectivity index (χ2v) is 8.79. The normalized spacial score (nSPS) is 23.0. The predicted octanol–water partition coefficient (Wildman–Crippen LogP) is 4.46. The summed E-state index contributed by atoms with van der Waals surface area (Å²) in [6, 6.07) is 9.16. The monoisotopic (exact) mass is 419 g/mol. The molecule has 3 saturated carbocycles. The maximum absolute atomic E-state index is 12.4. The molecule has 0 aromatic heterocycles. The molecule has 1 aromatic carbocycles. The average molecular weight is 420 g/mol. The summed E-state index contributed by atoms with van der Waals surface area (Å²) in [6.45, 7) is 0.223. The van der Waals surface area contributed by atoms with Gasteiger partial charge in [0, 0.05) is 0 Å². The van der Waals surface area contributed by atoms with Crippen molar-refractivity contribution < 1.29 is 14.3 Å². The molecule has 1 aromatic rings. The summed E-state index contributed by atoms with van der Waals surface area (Å²) >= 11 is 3.27. The molecule has 0 bridgehead atoms. The third kappa shape index (κ3) is 3.68. The quantitative estimate of drug-likeness (QED) is 0.632. The molecule has 3 fully saturated rings. The largest absolute Gasteiger partial charge is 0.445 e. The van der Waals surface area contributed by atoms with E-state index in [-0.39, 0.29) is 23.6 Å². The van der Waals surface area contributed by atoms with Crippen LogP contribution in [-0.2, 0) is 16.1 Å². The Bertz CT molecular complexity index is 649. The lowest BCUT2D eigenvalue weighted by atomic mass is 9.54. The van der Waals surface area contributed by atoms with Crippen LogP contribution in [0.25, 0.3) is 0 Å². The van der Waals surface area contributed by atoms with E-state index in [1.165, 1.54) is 25.7 Å². The molecule has 4 rings (SSSR count). The lowest BCUT2D eigenvalue weighted by Gasteiger charge is -2.51. The van der Waals surface area contributed by atoms with Crippen molar-refractivity contribution in [2.24, 2.45) is 23.2 Å². The van der Waals surface area contributed by atoms with Crippen LogP contribution in [0, 0.1) is 23.2 Å². The zero-order valence-corrected chi connectivity index (χ0v) is 16.5. The number of carbonyl (C=O) groups excluding carboxylic acids is 2. The molecule has 1 unspecified atom stereocenters.